The first kappa shape index (κ1) is 18.6. The van der Waals surface area contributed by atoms with E-state index in [0.717, 1.165) is 32.1 Å². The predicted molar refractivity (Wildman–Crippen MR) is 100 cm³/mol. The van der Waals surface area contributed by atoms with E-state index in [1.165, 1.54) is 18.0 Å². The number of nitriles is 1. The molecule has 1 aliphatic carbocycles. The van der Waals surface area contributed by atoms with E-state index in [2.05, 4.69) is 32.7 Å². The van der Waals surface area contributed by atoms with Gasteiger partial charge in [-0.05, 0) is 37.7 Å². The summed E-state index contributed by atoms with van der Waals surface area (Å²) in [7, 11) is 0. The maximum Gasteiger partial charge on any atom is 0.315 e. The molecule has 7 nitrogen and oxygen atoms in total. The molecule has 1 aromatic carbocycles. The fraction of sp³-hybridized carbons (Fsp3) is 0.400. The molecule has 0 unspecified atom stereocenters. The van der Waals surface area contributed by atoms with E-state index in [-0.39, 0.29) is 29.8 Å². The molecule has 3 rings (SSSR count). The van der Waals surface area contributed by atoms with E-state index in [1.54, 1.807) is 0 Å². The normalized spacial score (nSPS) is 18.9. The van der Waals surface area contributed by atoms with Crippen LogP contribution in [0.5, 0.6) is 5.88 Å². The molecule has 1 heterocycles. The highest BCUT2D eigenvalue weighted by Crippen LogP contribution is 2.23. The quantitative estimate of drug-likeness (QED) is 0.819. The molecule has 0 spiro atoms. The van der Waals surface area contributed by atoms with Crippen LogP contribution in [0.15, 0.2) is 42.7 Å². The van der Waals surface area contributed by atoms with Gasteiger partial charge in [-0.2, -0.15) is 5.26 Å². The second-order valence-electron chi connectivity index (χ2n) is 6.55. The molecule has 0 aliphatic heterocycles. The summed E-state index contributed by atoms with van der Waals surface area (Å²) in [5.41, 5.74) is 1.41. The molecule has 27 heavy (non-hydrogen) atoms. The van der Waals surface area contributed by atoms with Gasteiger partial charge < -0.3 is 15.4 Å². The standard InChI is InChI=1S/C20H23N5O2/c21-14-18-19(23-13-12-22-18)27-17-8-6-16(7-9-17)25-20(26)24-11-10-15-4-2-1-3-5-15/h1-5,12-13,16-17H,6-11H2,(H2,24,25,26). The summed E-state index contributed by atoms with van der Waals surface area (Å²) < 4.78 is 5.82. The van der Waals surface area contributed by atoms with E-state index >= 15 is 0 Å². The second-order valence-corrected chi connectivity index (χ2v) is 6.55. The average molecular weight is 365 g/mol. The van der Waals surface area contributed by atoms with Gasteiger partial charge in [-0.3, -0.25) is 0 Å². The number of hydrogen-bond donors (Lipinski definition) is 2. The van der Waals surface area contributed by atoms with Crippen LogP contribution in [0.25, 0.3) is 0 Å². The number of hydrogen-bond acceptors (Lipinski definition) is 5. The molecule has 0 saturated heterocycles. The first-order valence-electron chi connectivity index (χ1n) is 9.20. The van der Waals surface area contributed by atoms with E-state index in [4.69, 9.17) is 10.00 Å². The Labute approximate surface area is 158 Å². The Morgan fingerprint density at radius 2 is 1.89 bits per heavy atom. The van der Waals surface area contributed by atoms with E-state index in [1.807, 2.05) is 24.3 Å². The van der Waals surface area contributed by atoms with Crippen LogP contribution in [0.4, 0.5) is 4.79 Å². The Bertz CT molecular complexity index is 782. The lowest BCUT2D eigenvalue weighted by Gasteiger charge is -2.29. The van der Waals surface area contributed by atoms with Gasteiger partial charge in [0.15, 0.2) is 0 Å². The summed E-state index contributed by atoms with van der Waals surface area (Å²) in [5.74, 6) is 0.287. The lowest BCUT2D eigenvalue weighted by Crippen LogP contribution is -2.45. The van der Waals surface area contributed by atoms with Crippen LogP contribution in [-0.4, -0.2) is 34.7 Å². The van der Waals surface area contributed by atoms with Gasteiger partial charge in [-0.15, -0.1) is 0 Å². The number of nitrogens with one attached hydrogen (secondary N) is 2. The van der Waals surface area contributed by atoms with Crippen LogP contribution in [0, 0.1) is 11.3 Å². The average Bonchev–Trinajstić information content (AvgIpc) is 2.71. The number of nitrogens with zero attached hydrogens (tertiary/aromatic N) is 3. The van der Waals surface area contributed by atoms with Crippen molar-refractivity contribution in [1.82, 2.24) is 20.6 Å². The lowest BCUT2D eigenvalue weighted by atomic mass is 9.93. The van der Waals surface area contributed by atoms with Crippen molar-refractivity contribution in [2.24, 2.45) is 0 Å². The molecular formula is C20H23N5O2. The summed E-state index contributed by atoms with van der Waals surface area (Å²) in [4.78, 5) is 20.1. The fourth-order valence-electron chi connectivity index (χ4n) is 3.17. The minimum absolute atomic E-state index is 0.00649. The number of rotatable bonds is 6. The van der Waals surface area contributed by atoms with Gasteiger partial charge in [0.2, 0.25) is 5.69 Å². The number of urea groups is 1. The zero-order valence-corrected chi connectivity index (χ0v) is 15.1. The van der Waals surface area contributed by atoms with Crippen LogP contribution < -0.4 is 15.4 Å². The van der Waals surface area contributed by atoms with Gasteiger partial charge in [-0.1, -0.05) is 30.3 Å². The van der Waals surface area contributed by atoms with E-state index in [0.29, 0.717) is 6.54 Å². The maximum atomic E-state index is 12.0. The first-order valence-corrected chi connectivity index (χ1v) is 9.20. The van der Waals surface area contributed by atoms with Gasteiger partial charge in [0.05, 0.1) is 0 Å². The highest BCUT2D eigenvalue weighted by molar-refractivity contribution is 5.74. The van der Waals surface area contributed by atoms with Gasteiger partial charge >= 0.3 is 6.03 Å². The van der Waals surface area contributed by atoms with Gasteiger partial charge in [0, 0.05) is 25.0 Å². The number of ether oxygens (including phenoxy) is 1. The number of aromatic nitrogens is 2. The molecule has 0 atom stereocenters. The van der Waals surface area contributed by atoms with Gasteiger partial charge in [0.1, 0.15) is 12.2 Å². The number of benzene rings is 1. The van der Waals surface area contributed by atoms with Gasteiger partial charge in [0.25, 0.3) is 5.88 Å². The predicted octanol–water partition coefficient (Wildman–Crippen LogP) is 2.58. The molecular weight excluding hydrogens is 342 g/mol. The fourth-order valence-corrected chi connectivity index (χ4v) is 3.17. The summed E-state index contributed by atoms with van der Waals surface area (Å²) in [6, 6.07) is 12.1. The molecule has 0 bridgehead atoms. The molecule has 1 aromatic heterocycles. The lowest BCUT2D eigenvalue weighted by molar-refractivity contribution is 0.134. The Morgan fingerprint density at radius 3 is 2.63 bits per heavy atom. The van der Waals surface area contributed by atoms with Crippen molar-refractivity contribution in [3.8, 4) is 11.9 Å². The SMILES string of the molecule is N#Cc1nccnc1OC1CCC(NC(=O)NCCc2ccccc2)CC1. The van der Waals surface area contributed by atoms with Crippen LogP contribution in [-0.2, 0) is 6.42 Å². The van der Waals surface area contributed by atoms with Crippen molar-refractivity contribution in [2.45, 2.75) is 44.2 Å². The minimum Gasteiger partial charge on any atom is -0.472 e. The number of carbonyl (C=O) groups is 1. The molecule has 0 radical (unpaired) electrons. The molecule has 1 fully saturated rings. The van der Waals surface area contributed by atoms with Crippen LogP contribution >= 0.6 is 0 Å². The smallest absolute Gasteiger partial charge is 0.315 e. The molecule has 2 N–H and O–H groups in total. The Balaban J connectivity index is 1.36. The monoisotopic (exact) mass is 365 g/mol. The van der Waals surface area contributed by atoms with Crippen molar-refractivity contribution >= 4 is 6.03 Å². The summed E-state index contributed by atoms with van der Waals surface area (Å²) in [5, 5.41) is 15.0. The number of amides is 2. The van der Waals surface area contributed by atoms with Crippen molar-refractivity contribution < 1.29 is 9.53 Å². The topological polar surface area (TPSA) is 99.9 Å². The second kappa shape index (κ2) is 9.53. The van der Waals surface area contributed by atoms with Crippen molar-refractivity contribution in [1.29, 1.82) is 5.26 Å². The van der Waals surface area contributed by atoms with Crippen LogP contribution in [0.3, 0.4) is 0 Å². The molecule has 140 valence electrons. The van der Waals surface area contributed by atoms with Crippen molar-refractivity contribution in [3.63, 3.8) is 0 Å². The highest BCUT2D eigenvalue weighted by atomic mass is 16.5. The molecule has 2 amide bonds. The van der Waals surface area contributed by atoms with Crippen molar-refractivity contribution in [3.05, 3.63) is 54.0 Å². The zero-order chi connectivity index (χ0) is 18.9. The largest absolute Gasteiger partial charge is 0.472 e. The number of carbonyl (C=O) groups excluding carboxylic acids is 1. The molecule has 1 aliphatic rings. The Kier molecular flexibility index (Phi) is 6.58. The maximum absolute atomic E-state index is 12.0. The highest BCUT2D eigenvalue weighted by Gasteiger charge is 2.24. The summed E-state index contributed by atoms with van der Waals surface area (Å²) >= 11 is 0. The van der Waals surface area contributed by atoms with E-state index in [9.17, 15) is 4.79 Å². The van der Waals surface area contributed by atoms with Crippen molar-refractivity contribution in [2.75, 3.05) is 6.54 Å². The third kappa shape index (κ3) is 5.68. The Morgan fingerprint density at radius 1 is 1.15 bits per heavy atom. The molecule has 7 heteroatoms. The molecule has 2 aromatic rings. The third-order valence-electron chi connectivity index (χ3n) is 4.60. The zero-order valence-electron chi connectivity index (χ0n) is 15.1. The summed E-state index contributed by atoms with van der Waals surface area (Å²) in [6.45, 7) is 0.609. The van der Waals surface area contributed by atoms with Crippen LogP contribution in [0.2, 0.25) is 0 Å². The Hall–Kier alpha value is -3.14. The third-order valence-corrected chi connectivity index (χ3v) is 4.60. The summed E-state index contributed by atoms with van der Waals surface area (Å²) in [6.07, 6.45) is 7.07. The van der Waals surface area contributed by atoms with Crippen LogP contribution in [0.1, 0.15) is 36.9 Å². The molecule has 1 saturated carbocycles. The van der Waals surface area contributed by atoms with Gasteiger partial charge in [-0.25, -0.2) is 14.8 Å². The minimum atomic E-state index is -0.129. The van der Waals surface area contributed by atoms with E-state index < -0.39 is 0 Å². The first-order chi connectivity index (χ1) is 13.2.